The van der Waals surface area contributed by atoms with Crippen LogP contribution in [-0.4, -0.2) is 23.7 Å². The van der Waals surface area contributed by atoms with Crippen molar-refractivity contribution in [2.45, 2.75) is 13.0 Å². The molecule has 0 aromatic heterocycles. The lowest BCUT2D eigenvalue weighted by atomic mass is 10.1. The van der Waals surface area contributed by atoms with Crippen molar-refractivity contribution in [3.05, 3.63) is 35.1 Å². The quantitative estimate of drug-likeness (QED) is 0.765. The predicted molar refractivity (Wildman–Crippen MR) is 57.0 cm³/mol. The van der Waals surface area contributed by atoms with Crippen LogP contribution >= 0.6 is 0 Å². The Morgan fingerprint density at radius 3 is 1.94 bits per heavy atom. The topological polar surface area (TPSA) is 27.7 Å². The molecular formula is C10H13F3O3Si. The van der Waals surface area contributed by atoms with Crippen LogP contribution in [0.1, 0.15) is 18.6 Å². The van der Waals surface area contributed by atoms with E-state index in [1.807, 2.05) is 0 Å². The molecule has 0 N–H and O–H groups in total. The van der Waals surface area contributed by atoms with Crippen LogP contribution in [-0.2, 0) is 13.3 Å². The maximum Gasteiger partial charge on any atom is 0.484 e. The highest BCUT2D eigenvalue weighted by Crippen LogP contribution is 2.25. The van der Waals surface area contributed by atoms with Crippen LogP contribution in [0.3, 0.4) is 0 Å². The number of rotatable bonds is 5. The lowest BCUT2D eigenvalue weighted by Gasteiger charge is -2.19. The van der Waals surface area contributed by atoms with Crippen molar-refractivity contribution >= 4 is 9.53 Å². The predicted octanol–water partition coefficient (Wildman–Crippen LogP) is 2.19. The van der Waals surface area contributed by atoms with Crippen molar-refractivity contribution < 1.29 is 26.4 Å². The van der Waals surface area contributed by atoms with Crippen LogP contribution in [0.25, 0.3) is 0 Å². The molecule has 0 saturated heterocycles. The van der Waals surface area contributed by atoms with Crippen molar-refractivity contribution in [2.24, 2.45) is 0 Å². The van der Waals surface area contributed by atoms with Crippen LogP contribution in [0.15, 0.2) is 12.1 Å². The first-order valence-corrected chi connectivity index (χ1v) is 6.26. The Balaban J connectivity index is 2.92. The van der Waals surface area contributed by atoms with Crippen LogP contribution in [0.2, 0.25) is 0 Å². The molecule has 0 amide bonds. The van der Waals surface area contributed by atoms with E-state index in [1.54, 1.807) is 0 Å². The molecule has 0 spiro atoms. The molecule has 0 radical (unpaired) electrons. The van der Waals surface area contributed by atoms with Gasteiger partial charge in [0.15, 0.2) is 0 Å². The van der Waals surface area contributed by atoms with Gasteiger partial charge in [0, 0.05) is 26.4 Å². The molecule has 0 aliphatic heterocycles. The Kier molecular flexibility index (Phi) is 5.13. The van der Waals surface area contributed by atoms with Crippen molar-refractivity contribution in [1.29, 1.82) is 0 Å². The zero-order chi connectivity index (χ0) is 13.0. The maximum absolute atomic E-state index is 13.4. The van der Waals surface area contributed by atoms with Gasteiger partial charge in [-0.2, -0.15) is 0 Å². The van der Waals surface area contributed by atoms with Crippen molar-refractivity contribution in [2.75, 3.05) is 14.2 Å². The van der Waals surface area contributed by atoms with Crippen molar-refractivity contribution in [3.8, 4) is 0 Å². The van der Waals surface area contributed by atoms with Crippen molar-refractivity contribution in [1.82, 2.24) is 0 Å². The number of hydrogen-bond acceptors (Lipinski definition) is 3. The molecule has 1 aromatic carbocycles. The molecular weight excluding hydrogens is 253 g/mol. The van der Waals surface area contributed by atoms with Gasteiger partial charge in [-0.15, -0.1) is 0 Å². The molecule has 0 saturated carbocycles. The number of halogens is 3. The zero-order valence-corrected chi connectivity index (χ0v) is 10.8. The second kappa shape index (κ2) is 6.15. The lowest BCUT2D eigenvalue weighted by Crippen LogP contribution is -2.26. The lowest BCUT2D eigenvalue weighted by molar-refractivity contribution is 0.0913. The minimum absolute atomic E-state index is 0.335. The smallest absolute Gasteiger partial charge is 0.379 e. The highest BCUT2D eigenvalue weighted by atomic mass is 28.3. The van der Waals surface area contributed by atoms with Crippen LogP contribution < -0.4 is 0 Å². The molecule has 1 aromatic rings. The Bertz CT molecular complexity index is 362. The van der Waals surface area contributed by atoms with E-state index in [2.05, 4.69) is 0 Å². The van der Waals surface area contributed by atoms with Gasteiger partial charge in [-0.05, 0) is 6.92 Å². The first-order valence-electron chi connectivity index (χ1n) is 4.85. The van der Waals surface area contributed by atoms with E-state index in [4.69, 9.17) is 13.3 Å². The van der Waals surface area contributed by atoms with Gasteiger partial charge < -0.3 is 13.3 Å². The second-order valence-electron chi connectivity index (χ2n) is 3.32. The van der Waals surface area contributed by atoms with Gasteiger partial charge in [0.25, 0.3) is 0 Å². The maximum atomic E-state index is 13.4. The van der Waals surface area contributed by atoms with Gasteiger partial charge in [-0.1, -0.05) is 0 Å². The Labute approximate surface area is 99.1 Å². The van der Waals surface area contributed by atoms with E-state index < -0.39 is 33.1 Å². The average Bonchev–Trinajstić information content (AvgIpc) is 2.24. The third-order valence-corrected chi connectivity index (χ3v) is 3.55. The molecule has 1 atom stereocenters. The summed E-state index contributed by atoms with van der Waals surface area (Å²) in [4.78, 5) is 0. The second-order valence-corrected chi connectivity index (χ2v) is 5.11. The van der Waals surface area contributed by atoms with Gasteiger partial charge in [0.2, 0.25) is 0 Å². The van der Waals surface area contributed by atoms with Crippen LogP contribution in [0.4, 0.5) is 13.2 Å². The largest absolute Gasteiger partial charge is 0.484 e. The fraction of sp³-hybridized carbons (Fsp3) is 0.400. The first-order chi connectivity index (χ1) is 7.99. The number of benzene rings is 1. The highest BCUT2D eigenvalue weighted by molar-refractivity contribution is 6.36. The van der Waals surface area contributed by atoms with E-state index in [0.29, 0.717) is 12.1 Å². The minimum Gasteiger partial charge on any atom is -0.379 e. The molecule has 96 valence electrons. The molecule has 0 aliphatic rings. The standard InChI is InChI=1S/C10H13F3O3Si/c1-6(16-17(14-2)15-3)10-8(12)4-7(11)5-9(10)13/h4-6,17H,1-3H3. The molecule has 0 heterocycles. The summed E-state index contributed by atoms with van der Waals surface area (Å²) in [7, 11) is 0.358. The van der Waals surface area contributed by atoms with Crippen LogP contribution in [0, 0.1) is 17.5 Å². The van der Waals surface area contributed by atoms with E-state index in [9.17, 15) is 13.2 Å². The summed E-state index contributed by atoms with van der Waals surface area (Å²) in [5.41, 5.74) is -0.335. The monoisotopic (exact) mass is 266 g/mol. The van der Waals surface area contributed by atoms with Gasteiger partial charge in [0.05, 0.1) is 11.7 Å². The average molecular weight is 266 g/mol. The summed E-state index contributed by atoms with van der Waals surface area (Å²) in [6.45, 7) is 1.44. The normalized spacial score (nSPS) is 13.1. The van der Waals surface area contributed by atoms with E-state index in [-0.39, 0.29) is 5.56 Å². The van der Waals surface area contributed by atoms with Crippen LogP contribution in [0.5, 0.6) is 0 Å². The molecule has 0 aliphatic carbocycles. The Morgan fingerprint density at radius 1 is 1.06 bits per heavy atom. The number of hydrogen-bond donors (Lipinski definition) is 0. The molecule has 17 heavy (non-hydrogen) atoms. The summed E-state index contributed by atoms with van der Waals surface area (Å²) in [5, 5.41) is 0. The summed E-state index contributed by atoms with van der Waals surface area (Å²) >= 11 is 0. The fourth-order valence-electron chi connectivity index (χ4n) is 1.38. The summed E-state index contributed by atoms with van der Waals surface area (Å²) in [6, 6.07) is 1.21. The van der Waals surface area contributed by atoms with E-state index >= 15 is 0 Å². The SMILES string of the molecule is CO[SiH](OC)OC(C)c1c(F)cc(F)cc1F. The Hall–Kier alpha value is -0.893. The van der Waals surface area contributed by atoms with Crippen molar-refractivity contribution in [3.63, 3.8) is 0 Å². The van der Waals surface area contributed by atoms with Gasteiger partial charge >= 0.3 is 9.53 Å². The van der Waals surface area contributed by atoms with Gasteiger partial charge in [-0.25, -0.2) is 13.2 Å². The third-order valence-electron chi connectivity index (χ3n) is 2.15. The van der Waals surface area contributed by atoms with Gasteiger partial charge in [0.1, 0.15) is 17.5 Å². The molecule has 1 unspecified atom stereocenters. The molecule has 0 fully saturated rings. The zero-order valence-electron chi connectivity index (χ0n) is 9.67. The fourth-order valence-corrected chi connectivity index (χ4v) is 2.27. The summed E-state index contributed by atoms with van der Waals surface area (Å²) < 4.78 is 54.5. The molecule has 7 heteroatoms. The molecule has 3 nitrogen and oxygen atoms in total. The molecule has 0 bridgehead atoms. The third kappa shape index (κ3) is 3.53. The van der Waals surface area contributed by atoms with E-state index in [0.717, 1.165) is 0 Å². The summed E-state index contributed by atoms with van der Waals surface area (Å²) in [6.07, 6.45) is -0.910. The molecule has 1 rings (SSSR count). The van der Waals surface area contributed by atoms with Gasteiger partial charge in [-0.3, -0.25) is 0 Å². The summed E-state index contributed by atoms with van der Waals surface area (Å²) in [5.74, 6) is -2.95. The van der Waals surface area contributed by atoms with E-state index in [1.165, 1.54) is 21.1 Å². The first kappa shape index (κ1) is 14.2. The Morgan fingerprint density at radius 2 is 1.53 bits per heavy atom. The highest BCUT2D eigenvalue weighted by Gasteiger charge is 2.23. The minimum atomic E-state index is -2.40.